The van der Waals surface area contributed by atoms with Crippen molar-refractivity contribution >= 4 is 11.5 Å². The van der Waals surface area contributed by atoms with Gasteiger partial charge in [-0.05, 0) is 24.3 Å². The quantitative estimate of drug-likeness (QED) is 0.694. The van der Waals surface area contributed by atoms with Crippen molar-refractivity contribution in [3.63, 3.8) is 0 Å². The molecule has 2 N–H and O–H groups in total. The van der Waals surface area contributed by atoms with Crippen LogP contribution in [-0.2, 0) is 0 Å². The van der Waals surface area contributed by atoms with E-state index in [0.29, 0.717) is 0 Å². The third kappa shape index (κ3) is 3.47. The van der Waals surface area contributed by atoms with Crippen LogP contribution in [0.1, 0.15) is 16.1 Å². The summed E-state index contributed by atoms with van der Waals surface area (Å²) in [7, 11) is 0. The van der Waals surface area contributed by atoms with E-state index in [9.17, 15) is 18.0 Å². The number of nitrogens with two attached hydrogens (primary N) is 1. The Morgan fingerprint density at radius 1 is 1.20 bits per heavy atom. The van der Waals surface area contributed by atoms with Crippen LogP contribution in [0.25, 0.3) is 0 Å². The van der Waals surface area contributed by atoms with Crippen LogP contribution >= 0.6 is 0 Å². The van der Waals surface area contributed by atoms with Gasteiger partial charge in [0.25, 0.3) is 0 Å². The second-order valence-corrected chi connectivity index (χ2v) is 3.88. The summed E-state index contributed by atoms with van der Waals surface area (Å²) in [4.78, 5) is 15.9. The number of alkyl halides is 3. The van der Waals surface area contributed by atoms with E-state index in [1.165, 1.54) is 18.3 Å². The van der Waals surface area contributed by atoms with Gasteiger partial charge in [-0.25, -0.2) is 0 Å². The average molecular weight is 282 g/mol. The lowest BCUT2D eigenvalue weighted by Crippen LogP contribution is -2.17. The lowest BCUT2D eigenvalue weighted by atomic mass is 10.1. The van der Waals surface area contributed by atoms with E-state index >= 15 is 0 Å². The van der Waals surface area contributed by atoms with Gasteiger partial charge in [0.15, 0.2) is 0 Å². The smallest absolute Gasteiger partial charge is 0.406 e. The van der Waals surface area contributed by atoms with E-state index in [4.69, 9.17) is 5.73 Å². The molecule has 0 radical (unpaired) electrons. The molecule has 0 bridgehead atoms. The second kappa shape index (κ2) is 5.20. The number of carbonyl (C=O) groups excluding carboxylic acids is 1. The summed E-state index contributed by atoms with van der Waals surface area (Å²) < 4.78 is 40.3. The summed E-state index contributed by atoms with van der Waals surface area (Å²) >= 11 is 0. The molecule has 2 rings (SSSR count). The SMILES string of the molecule is Nc1cc(OC(F)(F)F)cc(C(=O)c2ccccn2)c1. The minimum Gasteiger partial charge on any atom is -0.406 e. The molecular weight excluding hydrogens is 273 g/mol. The predicted molar refractivity (Wildman–Crippen MR) is 65.2 cm³/mol. The Bertz CT molecular complexity index is 627. The van der Waals surface area contributed by atoms with Crippen LogP contribution in [-0.4, -0.2) is 17.1 Å². The molecule has 4 nitrogen and oxygen atoms in total. The first-order chi connectivity index (χ1) is 9.35. The van der Waals surface area contributed by atoms with Gasteiger partial charge in [0, 0.05) is 23.5 Å². The Balaban J connectivity index is 2.35. The summed E-state index contributed by atoms with van der Waals surface area (Å²) in [5.74, 6) is -1.08. The molecule has 0 saturated heterocycles. The van der Waals surface area contributed by atoms with Crippen molar-refractivity contribution in [2.75, 3.05) is 5.73 Å². The molecular formula is C13H9F3N2O2. The van der Waals surface area contributed by atoms with Crippen molar-refractivity contribution in [1.82, 2.24) is 4.98 Å². The molecule has 0 aliphatic rings. The zero-order chi connectivity index (χ0) is 14.8. The van der Waals surface area contributed by atoms with E-state index in [1.807, 2.05) is 0 Å². The van der Waals surface area contributed by atoms with Crippen LogP contribution in [0, 0.1) is 0 Å². The summed E-state index contributed by atoms with van der Waals surface area (Å²) in [6.45, 7) is 0. The first-order valence-electron chi connectivity index (χ1n) is 5.47. The Labute approximate surface area is 112 Å². The molecule has 0 unspecified atom stereocenters. The summed E-state index contributed by atoms with van der Waals surface area (Å²) in [6.07, 6.45) is -3.44. The number of anilines is 1. The van der Waals surface area contributed by atoms with E-state index in [1.54, 1.807) is 12.1 Å². The average Bonchev–Trinajstić information content (AvgIpc) is 2.36. The number of ketones is 1. The fourth-order valence-corrected chi connectivity index (χ4v) is 1.59. The zero-order valence-electron chi connectivity index (χ0n) is 10.0. The Kier molecular flexibility index (Phi) is 3.60. The highest BCUT2D eigenvalue weighted by molar-refractivity contribution is 6.08. The van der Waals surface area contributed by atoms with Gasteiger partial charge in [0.1, 0.15) is 11.4 Å². The third-order valence-corrected chi connectivity index (χ3v) is 2.32. The summed E-state index contributed by atoms with van der Waals surface area (Å²) in [6, 6.07) is 7.90. The van der Waals surface area contributed by atoms with Gasteiger partial charge in [-0.1, -0.05) is 6.07 Å². The lowest BCUT2D eigenvalue weighted by molar-refractivity contribution is -0.274. The second-order valence-electron chi connectivity index (χ2n) is 3.88. The topological polar surface area (TPSA) is 65.2 Å². The third-order valence-electron chi connectivity index (χ3n) is 2.32. The van der Waals surface area contributed by atoms with Crippen LogP contribution in [0.3, 0.4) is 0 Å². The van der Waals surface area contributed by atoms with Crippen LogP contribution in [0.15, 0.2) is 42.6 Å². The number of carbonyl (C=O) groups is 1. The van der Waals surface area contributed by atoms with Crippen LogP contribution in [0.4, 0.5) is 18.9 Å². The summed E-state index contributed by atoms with van der Waals surface area (Å²) in [5.41, 5.74) is 5.55. The van der Waals surface area contributed by atoms with Gasteiger partial charge in [-0.3, -0.25) is 9.78 Å². The minimum atomic E-state index is -4.85. The van der Waals surface area contributed by atoms with Crippen molar-refractivity contribution in [2.24, 2.45) is 0 Å². The molecule has 1 heterocycles. The van der Waals surface area contributed by atoms with Crippen molar-refractivity contribution in [3.8, 4) is 5.75 Å². The number of aromatic nitrogens is 1. The highest BCUT2D eigenvalue weighted by atomic mass is 19.4. The Morgan fingerprint density at radius 2 is 1.95 bits per heavy atom. The van der Waals surface area contributed by atoms with Crippen LogP contribution < -0.4 is 10.5 Å². The fraction of sp³-hybridized carbons (Fsp3) is 0.0769. The molecule has 0 aliphatic heterocycles. The molecule has 0 spiro atoms. The van der Waals surface area contributed by atoms with Crippen LogP contribution in [0.5, 0.6) is 5.75 Å². The Morgan fingerprint density at radius 3 is 2.55 bits per heavy atom. The van der Waals surface area contributed by atoms with E-state index in [-0.39, 0.29) is 16.9 Å². The first kappa shape index (κ1) is 13.9. The highest BCUT2D eigenvalue weighted by Crippen LogP contribution is 2.26. The molecule has 104 valence electrons. The molecule has 0 saturated carbocycles. The zero-order valence-corrected chi connectivity index (χ0v) is 10.0. The maximum atomic E-state index is 12.2. The molecule has 0 atom stereocenters. The van der Waals surface area contributed by atoms with Crippen LogP contribution in [0.2, 0.25) is 0 Å². The number of nitrogens with zero attached hydrogens (tertiary/aromatic N) is 1. The van der Waals surface area contributed by atoms with Gasteiger partial charge >= 0.3 is 6.36 Å². The number of halogens is 3. The number of nitrogen functional groups attached to an aromatic ring is 1. The largest absolute Gasteiger partial charge is 0.573 e. The highest BCUT2D eigenvalue weighted by Gasteiger charge is 2.31. The molecule has 20 heavy (non-hydrogen) atoms. The van der Waals surface area contributed by atoms with Gasteiger partial charge in [-0.2, -0.15) is 0 Å². The maximum absolute atomic E-state index is 12.2. The number of pyridine rings is 1. The van der Waals surface area contributed by atoms with Gasteiger partial charge < -0.3 is 10.5 Å². The van der Waals surface area contributed by atoms with E-state index < -0.39 is 17.9 Å². The fourth-order valence-electron chi connectivity index (χ4n) is 1.59. The number of hydrogen-bond acceptors (Lipinski definition) is 4. The molecule has 1 aromatic heterocycles. The van der Waals surface area contributed by atoms with Gasteiger partial charge in [0.2, 0.25) is 5.78 Å². The van der Waals surface area contributed by atoms with Gasteiger partial charge in [-0.15, -0.1) is 13.2 Å². The number of rotatable bonds is 3. The Hall–Kier alpha value is -2.57. The lowest BCUT2D eigenvalue weighted by Gasteiger charge is -2.10. The molecule has 1 aromatic carbocycles. The van der Waals surface area contributed by atoms with Crippen molar-refractivity contribution < 1.29 is 22.7 Å². The maximum Gasteiger partial charge on any atom is 0.573 e. The monoisotopic (exact) mass is 282 g/mol. The van der Waals surface area contributed by atoms with Crippen molar-refractivity contribution in [3.05, 3.63) is 53.9 Å². The molecule has 0 fully saturated rings. The molecule has 7 heteroatoms. The molecule has 0 amide bonds. The first-order valence-corrected chi connectivity index (χ1v) is 5.47. The standard InChI is InChI=1S/C13H9F3N2O2/c14-13(15,16)20-10-6-8(5-9(17)7-10)12(19)11-3-1-2-4-18-11/h1-7H,17H2. The molecule has 2 aromatic rings. The normalized spacial score (nSPS) is 11.2. The minimum absolute atomic E-state index is 0.00830. The van der Waals surface area contributed by atoms with E-state index in [0.717, 1.165) is 12.1 Å². The molecule has 0 aliphatic carbocycles. The number of ether oxygens (including phenoxy) is 1. The van der Waals surface area contributed by atoms with Crippen molar-refractivity contribution in [1.29, 1.82) is 0 Å². The predicted octanol–water partition coefficient (Wildman–Crippen LogP) is 2.79. The van der Waals surface area contributed by atoms with Gasteiger partial charge in [0.05, 0.1) is 0 Å². The summed E-state index contributed by atoms with van der Waals surface area (Å²) in [5, 5.41) is 0. The van der Waals surface area contributed by atoms with E-state index in [2.05, 4.69) is 9.72 Å². The number of hydrogen-bond donors (Lipinski definition) is 1. The van der Waals surface area contributed by atoms with Crippen molar-refractivity contribution in [2.45, 2.75) is 6.36 Å². The number of benzene rings is 1.